The lowest BCUT2D eigenvalue weighted by atomic mass is 9.41. The highest BCUT2D eigenvalue weighted by Gasteiger charge is 2.65. The summed E-state index contributed by atoms with van der Waals surface area (Å²) in [6, 6.07) is 0. The summed E-state index contributed by atoms with van der Waals surface area (Å²) in [6.45, 7) is 13.5. The van der Waals surface area contributed by atoms with E-state index >= 15 is 0 Å². The number of allylic oxidation sites excluding steroid dienone is 3. The third-order valence-corrected chi connectivity index (χ3v) is 9.84. The number of aliphatic hydroxyl groups is 1. The first kappa shape index (κ1) is 18.3. The van der Waals surface area contributed by atoms with Gasteiger partial charge in [-0.25, -0.2) is 0 Å². The van der Waals surface area contributed by atoms with Gasteiger partial charge in [-0.15, -0.1) is 0 Å². The Morgan fingerprint density at radius 2 is 1.65 bits per heavy atom. The van der Waals surface area contributed by atoms with Crippen LogP contribution < -0.4 is 0 Å². The Morgan fingerprint density at radius 3 is 2.31 bits per heavy atom. The first-order valence-electron chi connectivity index (χ1n) is 10.6. The fourth-order valence-electron chi connectivity index (χ4n) is 8.06. The van der Waals surface area contributed by atoms with Crippen LogP contribution in [0, 0.1) is 39.4 Å². The van der Waals surface area contributed by atoms with Gasteiger partial charge in [0.15, 0.2) is 0 Å². The standard InChI is InChI=1S/C24H36O2/c1-15(25)16-9-13-24(6)18-7-8-19-21(2,3)20(26)11-12-22(19,4)17(18)10-14-23(16,24)5/h8,11,16-18,26H,7,9-10,12-14H2,1-6H3. The van der Waals surface area contributed by atoms with Gasteiger partial charge in [0.25, 0.3) is 0 Å². The van der Waals surface area contributed by atoms with Crippen molar-refractivity contribution in [1.82, 2.24) is 0 Å². The van der Waals surface area contributed by atoms with Gasteiger partial charge in [0, 0.05) is 11.3 Å². The number of ketones is 1. The van der Waals surface area contributed by atoms with E-state index in [0.717, 1.165) is 19.3 Å². The lowest BCUT2D eigenvalue weighted by Crippen LogP contribution is -2.56. The van der Waals surface area contributed by atoms with Crippen LogP contribution in [0.25, 0.3) is 0 Å². The molecule has 1 N–H and O–H groups in total. The summed E-state index contributed by atoms with van der Waals surface area (Å²) in [5.74, 6) is 2.51. The van der Waals surface area contributed by atoms with E-state index in [4.69, 9.17) is 0 Å². The molecule has 0 amide bonds. The van der Waals surface area contributed by atoms with Gasteiger partial charge in [0.05, 0.1) is 5.76 Å². The van der Waals surface area contributed by atoms with E-state index in [-0.39, 0.29) is 27.6 Å². The van der Waals surface area contributed by atoms with Gasteiger partial charge in [0.1, 0.15) is 5.78 Å². The number of carbonyl (C=O) groups excluding carboxylic acids is 1. The Labute approximate surface area is 159 Å². The van der Waals surface area contributed by atoms with Gasteiger partial charge in [0.2, 0.25) is 0 Å². The van der Waals surface area contributed by atoms with Crippen LogP contribution in [-0.2, 0) is 4.79 Å². The maximum absolute atomic E-state index is 12.4. The fraction of sp³-hybridized carbons (Fsp3) is 0.792. The highest BCUT2D eigenvalue weighted by Crippen LogP contribution is 2.72. The Balaban J connectivity index is 1.78. The predicted octanol–water partition coefficient (Wildman–Crippen LogP) is 6.23. The molecular weight excluding hydrogens is 320 g/mol. The number of rotatable bonds is 1. The van der Waals surface area contributed by atoms with Crippen molar-refractivity contribution < 1.29 is 9.90 Å². The summed E-state index contributed by atoms with van der Waals surface area (Å²) in [4.78, 5) is 12.4. The minimum atomic E-state index is -0.239. The second-order valence-corrected chi connectivity index (χ2v) is 11.0. The first-order valence-corrected chi connectivity index (χ1v) is 10.6. The topological polar surface area (TPSA) is 37.3 Å². The maximum atomic E-state index is 12.4. The van der Waals surface area contributed by atoms with Crippen molar-refractivity contribution in [3.05, 3.63) is 23.5 Å². The minimum Gasteiger partial charge on any atom is -0.512 e. The number of hydrogen-bond acceptors (Lipinski definition) is 2. The molecule has 6 atom stereocenters. The van der Waals surface area contributed by atoms with Crippen LogP contribution >= 0.6 is 0 Å². The average molecular weight is 357 g/mol. The maximum Gasteiger partial charge on any atom is 0.133 e. The number of carbonyl (C=O) groups is 1. The second-order valence-electron chi connectivity index (χ2n) is 11.0. The fourth-order valence-corrected chi connectivity index (χ4v) is 8.06. The van der Waals surface area contributed by atoms with Crippen LogP contribution in [0.1, 0.15) is 80.1 Å². The summed E-state index contributed by atoms with van der Waals surface area (Å²) >= 11 is 0. The Morgan fingerprint density at radius 1 is 1.00 bits per heavy atom. The van der Waals surface area contributed by atoms with Crippen LogP contribution in [-0.4, -0.2) is 10.9 Å². The molecule has 144 valence electrons. The molecule has 4 aliphatic carbocycles. The second kappa shape index (κ2) is 5.26. The normalized spacial score (nSPS) is 49.4. The summed E-state index contributed by atoms with van der Waals surface area (Å²) < 4.78 is 0. The van der Waals surface area contributed by atoms with Gasteiger partial charge in [-0.05, 0) is 93.5 Å². The molecule has 4 aliphatic rings. The van der Waals surface area contributed by atoms with E-state index in [1.807, 2.05) is 6.92 Å². The SMILES string of the molecule is CC(=O)C1CCC2(C)C3CC=C4C(C)(C)C(O)=CCC4(C)C3CCC12C. The van der Waals surface area contributed by atoms with Crippen molar-refractivity contribution in [2.24, 2.45) is 39.4 Å². The molecule has 0 aromatic rings. The molecule has 2 fully saturated rings. The molecule has 2 saturated carbocycles. The van der Waals surface area contributed by atoms with Gasteiger partial charge in [-0.3, -0.25) is 4.79 Å². The number of Topliss-reactive ketones (excluding diaryl/α,β-unsaturated/α-hetero) is 1. The lowest BCUT2D eigenvalue weighted by Gasteiger charge is -2.63. The molecule has 0 radical (unpaired) electrons. The minimum absolute atomic E-state index is 0.150. The molecule has 26 heavy (non-hydrogen) atoms. The zero-order valence-corrected chi connectivity index (χ0v) is 17.5. The van der Waals surface area contributed by atoms with Crippen molar-refractivity contribution in [2.45, 2.75) is 80.1 Å². The van der Waals surface area contributed by atoms with Crippen molar-refractivity contribution in [1.29, 1.82) is 0 Å². The third kappa shape index (κ3) is 1.97. The summed E-state index contributed by atoms with van der Waals surface area (Å²) in [7, 11) is 0. The first-order chi connectivity index (χ1) is 12.0. The smallest absolute Gasteiger partial charge is 0.133 e. The average Bonchev–Trinajstić information content (AvgIpc) is 2.84. The lowest BCUT2D eigenvalue weighted by molar-refractivity contribution is -0.135. The van der Waals surface area contributed by atoms with E-state index in [2.05, 4.69) is 46.8 Å². The number of hydrogen-bond donors (Lipinski definition) is 1. The largest absolute Gasteiger partial charge is 0.512 e. The molecule has 2 nitrogen and oxygen atoms in total. The van der Waals surface area contributed by atoms with Gasteiger partial charge in [-0.1, -0.05) is 32.4 Å². The molecule has 0 heterocycles. The van der Waals surface area contributed by atoms with Crippen LogP contribution in [0.3, 0.4) is 0 Å². The van der Waals surface area contributed by atoms with Crippen LogP contribution in [0.2, 0.25) is 0 Å². The number of fused-ring (bicyclic) bond motifs is 5. The predicted molar refractivity (Wildman–Crippen MR) is 106 cm³/mol. The molecule has 0 aromatic carbocycles. The van der Waals surface area contributed by atoms with E-state index in [9.17, 15) is 9.90 Å². The highest BCUT2D eigenvalue weighted by molar-refractivity contribution is 5.79. The Hall–Kier alpha value is -1.05. The van der Waals surface area contributed by atoms with Crippen molar-refractivity contribution in [3.8, 4) is 0 Å². The van der Waals surface area contributed by atoms with E-state index in [1.165, 1.54) is 24.8 Å². The molecule has 6 unspecified atom stereocenters. The molecule has 0 aromatic heterocycles. The summed E-state index contributed by atoms with van der Waals surface area (Å²) in [5, 5.41) is 10.5. The zero-order chi connectivity index (χ0) is 19.1. The van der Waals surface area contributed by atoms with E-state index < -0.39 is 0 Å². The van der Waals surface area contributed by atoms with E-state index in [0.29, 0.717) is 23.4 Å². The van der Waals surface area contributed by atoms with Crippen molar-refractivity contribution in [3.63, 3.8) is 0 Å². The number of aliphatic hydroxyl groups excluding tert-OH is 1. The van der Waals surface area contributed by atoms with Crippen molar-refractivity contribution >= 4 is 5.78 Å². The Kier molecular flexibility index (Phi) is 3.71. The molecule has 2 heteroatoms. The monoisotopic (exact) mass is 356 g/mol. The molecule has 0 spiro atoms. The van der Waals surface area contributed by atoms with Crippen LogP contribution in [0.15, 0.2) is 23.5 Å². The molecule has 4 rings (SSSR count). The van der Waals surface area contributed by atoms with Crippen molar-refractivity contribution in [2.75, 3.05) is 0 Å². The molecule has 0 saturated heterocycles. The Bertz CT molecular complexity index is 714. The zero-order valence-electron chi connectivity index (χ0n) is 17.5. The van der Waals surface area contributed by atoms with Gasteiger partial charge >= 0.3 is 0 Å². The van der Waals surface area contributed by atoms with Crippen LogP contribution in [0.5, 0.6) is 0 Å². The molecule has 0 bridgehead atoms. The summed E-state index contributed by atoms with van der Waals surface area (Å²) in [6.07, 6.45) is 11.3. The van der Waals surface area contributed by atoms with E-state index in [1.54, 1.807) is 0 Å². The molecular formula is C24H36O2. The van der Waals surface area contributed by atoms with Gasteiger partial charge < -0.3 is 5.11 Å². The highest BCUT2D eigenvalue weighted by atomic mass is 16.3. The van der Waals surface area contributed by atoms with Crippen LogP contribution in [0.4, 0.5) is 0 Å². The third-order valence-electron chi connectivity index (χ3n) is 9.84. The summed E-state index contributed by atoms with van der Waals surface area (Å²) in [5.41, 5.74) is 1.78. The van der Waals surface area contributed by atoms with Gasteiger partial charge in [-0.2, -0.15) is 0 Å². The molecule has 0 aliphatic heterocycles. The quantitative estimate of drug-likeness (QED) is 0.565.